The number of nitrogens with zero attached hydrogens (tertiary/aromatic N) is 3. The molecule has 1 atom stereocenters. The Bertz CT molecular complexity index is 1040. The number of nitrogens with one attached hydrogen (secondary N) is 1. The molecule has 1 saturated heterocycles. The maximum atomic E-state index is 13.1. The van der Waals surface area contributed by atoms with Gasteiger partial charge in [0.2, 0.25) is 15.9 Å². The molecule has 0 saturated carbocycles. The molecule has 0 aliphatic carbocycles. The molecule has 2 heterocycles. The second-order valence-corrected chi connectivity index (χ2v) is 9.70. The fourth-order valence-electron chi connectivity index (χ4n) is 3.90. The summed E-state index contributed by atoms with van der Waals surface area (Å²) in [6.45, 7) is 4.04. The number of carbonyl (C=O) groups excluding carboxylic acids is 2. The van der Waals surface area contributed by atoms with Crippen LogP contribution in [0.1, 0.15) is 40.2 Å². The first-order chi connectivity index (χ1) is 14.6. The fraction of sp³-hybridized carbons (Fsp3) is 0.476. The molecule has 0 spiro atoms. The van der Waals surface area contributed by atoms with Crippen LogP contribution in [0, 0.1) is 19.8 Å². The Morgan fingerprint density at radius 3 is 2.52 bits per heavy atom. The number of hydrogen-bond acceptors (Lipinski definition) is 6. The highest BCUT2D eigenvalue weighted by molar-refractivity contribution is 7.89. The van der Waals surface area contributed by atoms with Gasteiger partial charge in [-0.2, -0.15) is 4.31 Å². The number of rotatable bonds is 6. The minimum absolute atomic E-state index is 0.0881. The van der Waals surface area contributed by atoms with E-state index in [4.69, 9.17) is 4.52 Å². The Morgan fingerprint density at radius 2 is 1.94 bits per heavy atom. The molecule has 1 unspecified atom stereocenters. The van der Waals surface area contributed by atoms with Gasteiger partial charge in [0, 0.05) is 39.3 Å². The van der Waals surface area contributed by atoms with Gasteiger partial charge in [-0.05, 0) is 44.4 Å². The van der Waals surface area contributed by atoms with Gasteiger partial charge in [0.25, 0.3) is 5.91 Å². The third-order valence-electron chi connectivity index (χ3n) is 5.54. The van der Waals surface area contributed by atoms with Crippen molar-refractivity contribution < 1.29 is 22.5 Å². The summed E-state index contributed by atoms with van der Waals surface area (Å²) in [6.07, 6.45) is 1.24. The second-order valence-electron chi connectivity index (χ2n) is 7.83. The van der Waals surface area contributed by atoms with E-state index >= 15 is 0 Å². The topological polar surface area (TPSA) is 113 Å². The van der Waals surface area contributed by atoms with E-state index in [1.54, 1.807) is 45.0 Å². The summed E-state index contributed by atoms with van der Waals surface area (Å²) in [7, 11) is -0.501. The first-order valence-corrected chi connectivity index (χ1v) is 11.6. The molecular formula is C21H28N4O5S. The maximum absolute atomic E-state index is 13.1. The molecule has 1 aliphatic rings. The molecule has 2 aromatic rings. The summed E-state index contributed by atoms with van der Waals surface area (Å²) >= 11 is 0. The summed E-state index contributed by atoms with van der Waals surface area (Å²) in [6, 6.07) is 7.04. The number of aromatic nitrogens is 1. The number of carbonyl (C=O) groups is 2. The highest BCUT2D eigenvalue weighted by atomic mass is 32.2. The van der Waals surface area contributed by atoms with Gasteiger partial charge < -0.3 is 14.7 Å². The smallest absolute Gasteiger partial charge is 0.251 e. The molecule has 0 bridgehead atoms. The molecule has 168 valence electrons. The van der Waals surface area contributed by atoms with E-state index < -0.39 is 15.9 Å². The molecule has 3 rings (SSSR count). The van der Waals surface area contributed by atoms with Crippen LogP contribution in [0.15, 0.2) is 33.7 Å². The van der Waals surface area contributed by atoms with Gasteiger partial charge in [-0.15, -0.1) is 0 Å². The lowest BCUT2D eigenvalue weighted by Crippen LogP contribution is -2.45. The van der Waals surface area contributed by atoms with E-state index in [1.807, 2.05) is 12.1 Å². The second kappa shape index (κ2) is 9.19. The average Bonchev–Trinajstić information content (AvgIpc) is 3.11. The normalized spacial score (nSPS) is 17.4. The Morgan fingerprint density at radius 1 is 1.26 bits per heavy atom. The molecule has 1 aromatic heterocycles. The molecule has 9 nitrogen and oxygen atoms in total. The Balaban J connectivity index is 1.68. The lowest BCUT2D eigenvalue weighted by atomic mass is 9.98. The Hall–Kier alpha value is -2.72. The molecule has 1 aliphatic heterocycles. The third kappa shape index (κ3) is 4.80. The quantitative estimate of drug-likeness (QED) is 0.720. The van der Waals surface area contributed by atoms with E-state index in [9.17, 15) is 18.0 Å². The lowest BCUT2D eigenvalue weighted by molar-refractivity contribution is -0.135. The highest BCUT2D eigenvalue weighted by Crippen LogP contribution is 2.28. The maximum Gasteiger partial charge on any atom is 0.251 e. The van der Waals surface area contributed by atoms with Crippen LogP contribution in [0.4, 0.5) is 0 Å². The van der Waals surface area contributed by atoms with Crippen LogP contribution in [0.3, 0.4) is 0 Å². The van der Waals surface area contributed by atoms with Crippen LogP contribution in [-0.4, -0.2) is 61.8 Å². The van der Waals surface area contributed by atoms with Gasteiger partial charge >= 0.3 is 0 Å². The number of benzene rings is 1. The van der Waals surface area contributed by atoms with Crippen LogP contribution in [0.5, 0.6) is 0 Å². The number of aryl methyl sites for hydroxylation is 2. The molecular weight excluding hydrogens is 420 g/mol. The van der Waals surface area contributed by atoms with E-state index in [0.717, 1.165) is 5.56 Å². The van der Waals surface area contributed by atoms with Crippen molar-refractivity contribution >= 4 is 21.8 Å². The fourth-order valence-corrected chi connectivity index (χ4v) is 5.72. The zero-order chi connectivity index (χ0) is 22.8. The monoisotopic (exact) mass is 448 g/mol. The lowest BCUT2D eigenvalue weighted by Gasteiger charge is -2.33. The van der Waals surface area contributed by atoms with Gasteiger partial charge in [0.15, 0.2) is 5.76 Å². The first kappa shape index (κ1) is 23.0. The van der Waals surface area contributed by atoms with E-state index in [2.05, 4.69) is 10.5 Å². The zero-order valence-corrected chi connectivity index (χ0v) is 19.0. The van der Waals surface area contributed by atoms with Crippen molar-refractivity contribution in [3.8, 4) is 0 Å². The molecule has 1 aromatic carbocycles. The Kier molecular flexibility index (Phi) is 6.80. The van der Waals surface area contributed by atoms with Crippen molar-refractivity contribution in [1.29, 1.82) is 0 Å². The molecule has 10 heteroatoms. The van der Waals surface area contributed by atoms with E-state index in [1.165, 1.54) is 4.31 Å². The highest BCUT2D eigenvalue weighted by Gasteiger charge is 2.37. The molecule has 1 N–H and O–H groups in total. The summed E-state index contributed by atoms with van der Waals surface area (Å²) in [5.41, 5.74) is 1.76. The van der Waals surface area contributed by atoms with Crippen molar-refractivity contribution in [2.24, 2.45) is 5.92 Å². The van der Waals surface area contributed by atoms with Crippen molar-refractivity contribution in [1.82, 2.24) is 19.7 Å². The minimum atomic E-state index is -3.78. The third-order valence-corrected chi connectivity index (χ3v) is 7.65. The van der Waals surface area contributed by atoms with Crippen LogP contribution in [-0.2, 0) is 21.4 Å². The van der Waals surface area contributed by atoms with Crippen LogP contribution >= 0.6 is 0 Å². The van der Waals surface area contributed by atoms with Crippen molar-refractivity contribution in [3.63, 3.8) is 0 Å². The summed E-state index contributed by atoms with van der Waals surface area (Å²) < 4.78 is 32.6. The predicted molar refractivity (Wildman–Crippen MR) is 114 cm³/mol. The summed E-state index contributed by atoms with van der Waals surface area (Å²) in [5, 5.41) is 6.32. The van der Waals surface area contributed by atoms with Crippen LogP contribution in [0.25, 0.3) is 0 Å². The number of hydrogen-bond donors (Lipinski definition) is 1. The standard InChI is InChI=1S/C21H28N4O5S/c1-14-19(15(2)30-23-14)31(28,29)25-11-5-6-18(13-25)21(27)24(4)12-16-7-9-17(10-8-16)20(26)22-3/h7-10,18H,5-6,11-13H2,1-4H3,(H,22,26). The van der Waals surface area contributed by atoms with Gasteiger partial charge in [0.05, 0.1) is 5.92 Å². The van der Waals surface area contributed by atoms with Gasteiger partial charge in [-0.25, -0.2) is 8.42 Å². The minimum Gasteiger partial charge on any atom is -0.360 e. The van der Waals surface area contributed by atoms with Gasteiger partial charge in [0.1, 0.15) is 10.6 Å². The molecule has 0 radical (unpaired) electrons. The predicted octanol–water partition coefficient (Wildman–Crippen LogP) is 1.71. The summed E-state index contributed by atoms with van der Waals surface area (Å²) in [5.74, 6) is -0.436. The molecule has 2 amide bonds. The van der Waals surface area contributed by atoms with E-state index in [-0.39, 0.29) is 29.0 Å². The van der Waals surface area contributed by atoms with Gasteiger partial charge in [-0.1, -0.05) is 17.3 Å². The molecule has 31 heavy (non-hydrogen) atoms. The largest absolute Gasteiger partial charge is 0.360 e. The van der Waals surface area contributed by atoms with Crippen LogP contribution < -0.4 is 5.32 Å². The zero-order valence-electron chi connectivity index (χ0n) is 18.2. The van der Waals surface area contributed by atoms with Crippen molar-refractivity contribution in [2.45, 2.75) is 38.1 Å². The van der Waals surface area contributed by atoms with Crippen molar-refractivity contribution in [3.05, 3.63) is 46.8 Å². The van der Waals surface area contributed by atoms with E-state index in [0.29, 0.717) is 37.2 Å². The summed E-state index contributed by atoms with van der Waals surface area (Å²) in [4.78, 5) is 26.4. The number of amides is 2. The number of piperidine rings is 1. The first-order valence-electron chi connectivity index (χ1n) is 10.1. The van der Waals surface area contributed by atoms with Crippen molar-refractivity contribution in [2.75, 3.05) is 27.2 Å². The van der Waals surface area contributed by atoms with Gasteiger partial charge in [-0.3, -0.25) is 9.59 Å². The SMILES string of the molecule is CNC(=O)c1ccc(CN(C)C(=O)C2CCCN(S(=O)(=O)c3c(C)noc3C)C2)cc1. The average molecular weight is 449 g/mol. The van der Waals surface area contributed by atoms with Crippen LogP contribution in [0.2, 0.25) is 0 Å². The Labute approximate surface area is 182 Å². The number of sulfonamides is 1. The molecule has 1 fully saturated rings.